The number of nitrogens with zero attached hydrogens (tertiary/aromatic N) is 1. The zero-order valence-corrected chi connectivity index (χ0v) is 11.1. The third-order valence-corrected chi connectivity index (χ3v) is 3.20. The van der Waals surface area contributed by atoms with Crippen molar-refractivity contribution in [1.29, 1.82) is 0 Å². The van der Waals surface area contributed by atoms with Gasteiger partial charge in [0.05, 0.1) is 13.2 Å². The molecule has 1 aromatic carbocycles. The van der Waals surface area contributed by atoms with Gasteiger partial charge in [0.15, 0.2) is 0 Å². The van der Waals surface area contributed by atoms with Crippen LogP contribution in [-0.4, -0.2) is 43.8 Å². The summed E-state index contributed by atoms with van der Waals surface area (Å²) in [6, 6.07) is 8.16. The maximum absolute atomic E-state index is 11.9. The summed E-state index contributed by atoms with van der Waals surface area (Å²) >= 11 is 0. The van der Waals surface area contributed by atoms with Gasteiger partial charge in [-0.25, -0.2) is 4.79 Å². The van der Waals surface area contributed by atoms with Crippen molar-refractivity contribution < 1.29 is 9.53 Å². The highest BCUT2D eigenvalue weighted by molar-refractivity contribution is 5.74. The van der Waals surface area contributed by atoms with Crippen molar-refractivity contribution in [3.63, 3.8) is 0 Å². The predicted octanol–water partition coefficient (Wildman–Crippen LogP) is 0.730. The zero-order valence-electron chi connectivity index (χ0n) is 11.1. The van der Waals surface area contributed by atoms with Crippen molar-refractivity contribution in [2.45, 2.75) is 13.0 Å². The molecule has 0 aromatic heterocycles. The second-order valence-corrected chi connectivity index (χ2v) is 4.61. The molecule has 1 aliphatic heterocycles. The van der Waals surface area contributed by atoms with Crippen molar-refractivity contribution in [2.24, 2.45) is 5.73 Å². The molecule has 1 heterocycles. The average molecular weight is 263 g/mol. The van der Waals surface area contributed by atoms with Crippen molar-refractivity contribution in [2.75, 3.05) is 32.8 Å². The highest BCUT2D eigenvalue weighted by atomic mass is 16.5. The molecule has 2 rings (SSSR count). The van der Waals surface area contributed by atoms with E-state index in [9.17, 15) is 4.79 Å². The first-order valence-electron chi connectivity index (χ1n) is 6.68. The highest BCUT2D eigenvalue weighted by Gasteiger charge is 2.15. The first-order chi connectivity index (χ1) is 9.29. The highest BCUT2D eigenvalue weighted by Crippen LogP contribution is 2.05. The molecule has 2 amide bonds. The molecule has 0 unspecified atom stereocenters. The number of urea groups is 1. The predicted molar refractivity (Wildman–Crippen MR) is 73.8 cm³/mol. The van der Waals surface area contributed by atoms with E-state index >= 15 is 0 Å². The monoisotopic (exact) mass is 263 g/mol. The summed E-state index contributed by atoms with van der Waals surface area (Å²) in [6.07, 6.45) is 0.889. The van der Waals surface area contributed by atoms with Crippen LogP contribution < -0.4 is 11.1 Å². The molecule has 5 heteroatoms. The smallest absolute Gasteiger partial charge is 0.317 e. The van der Waals surface area contributed by atoms with E-state index in [-0.39, 0.29) is 6.03 Å². The summed E-state index contributed by atoms with van der Waals surface area (Å²) in [7, 11) is 0. The Morgan fingerprint density at radius 3 is 2.47 bits per heavy atom. The average Bonchev–Trinajstić information content (AvgIpc) is 2.47. The van der Waals surface area contributed by atoms with Crippen LogP contribution in [0.2, 0.25) is 0 Å². The van der Waals surface area contributed by atoms with Crippen LogP contribution in [-0.2, 0) is 17.7 Å². The van der Waals surface area contributed by atoms with E-state index in [0.29, 0.717) is 39.4 Å². The van der Waals surface area contributed by atoms with Gasteiger partial charge < -0.3 is 20.7 Å². The number of hydrogen-bond acceptors (Lipinski definition) is 3. The molecule has 3 N–H and O–H groups in total. The fourth-order valence-corrected chi connectivity index (χ4v) is 2.05. The Hall–Kier alpha value is -1.59. The Morgan fingerprint density at radius 1 is 1.21 bits per heavy atom. The zero-order chi connectivity index (χ0) is 13.5. The Kier molecular flexibility index (Phi) is 5.18. The topological polar surface area (TPSA) is 67.6 Å². The summed E-state index contributed by atoms with van der Waals surface area (Å²) < 4.78 is 5.22. The number of ether oxygens (including phenoxy) is 1. The van der Waals surface area contributed by atoms with Crippen molar-refractivity contribution in [3.8, 4) is 0 Å². The lowest BCUT2D eigenvalue weighted by Gasteiger charge is -2.26. The second-order valence-electron chi connectivity index (χ2n) is 4.61. The maximum atomic E-state index is 11.9. The van der Waals surface area contributed by atoms with E-state index < -0.39 is 0 Å². The van der Waals surface area contributed by atoms with E-state index in [1.165, 1.54) is 5.56 Å². The first-order valence-corrected chi connectivity index (χ1v) is 6.68. The standard InChI is InChI=1S/C14H21N3O2/c15-6-5-12-1-3-13(4-2-12)11-16-14(18)17-7-9-19-10-8-17/h1-4H,5-11,15H2,(H,16,18). The van der Waals surface area contributed by atoms with Gasteiger partial charge >= 0.3 is 6.03 Å². The number of carbonyl (C=O) groups is 1. The Labute approximate surface area is 113 Å². The van der Waals surface area contributed by atoms with Crippen LogP contribution in [0.25, 0.3) is 0 Å². The molecular weight excluding hydrogens is 242 g/mol. The van der Waals surface area contributed by atoms with Crippen molar-refractivity contribution in [1.82, 2.24) is 10.2 Å². The van der Waals surface area contributed by atoms with Crippen molar-refractivity contribution >= 4 is 6.03 Å². The Balaban J connectivity index is 1.79. The number of carbonyl (C=O) groups excluding carboxylic acids is 1. The van der Waals surface area contributed by atoms with Crippen LogP contribution in [0.1, 0.15) is 11.1 Å². The van der Waals surface area contributed by atoms with Gasteiger partial charge in [0.1, 0.15) is 0 Å². The van der Waals surface area contributed by atoms with E-state index in [2.05, 4.69) is 17.4 Å². The molecule has 0 saturated carbocycles. The van der Waals surface area contributed by atoms with Gasteiger partial charge in [-0.3, -0.25) is 0 Å². The third kappa shape index (κ3) is 4.22. The fourth-order valence-electron chi connectivity index (χ4n) is 2.05. The summed E-state index contributed by atoms with van der Waals surface area (Å²) in [5, 5.41) is 2.93. The van der Waals surface area contributed by atoms with Gasteiger partial charge in [-0.2, -0.15) is 0 Å². The third-order valence-electron chi connectivity index (χ3n) is 3.20. The van der Waals surface area contributed by atoms with E-state index in [1.54, 1.807) is 4.90 Å². The number of nitrogens with one attached hydrogen (secondary N) is 1. The lowest BCUT2D eigenvalue weighted by atomic mass is 10.1. The number of benzene rings is 1. The lowest BCUT2D eigenvalue weighted by Crippen LogP contribution is -2.45. The van der Waals surface area contributed by atoms with Crippen LogP contribution in [0.5, 0.6) is 0 Å². The largest absolute Gasteiger partial charge is 0.378 e. The SMILES string of the molecule is NCCc1ccc(CNC(=O)N2CCOCC2)cc1. The van der Waals surface area contributed by atoms with Gasteiger partial charge in [-0.15, -0.1) is 0 Å². The van der Waals surface area contributed by atoms with Gasteiger partial charge in [-0.1, -0.05) is 24.3 Å². The van der Waals surface area contributed by atoms with Crippen LogP contribution in [0.4, 0.5) is 4.79 Å². The molecule has 104 valence electrons. The number of nitrogens with two attached hydrogens (primary N) is 1. The second kappa shape index (κ2) is 7.11. The van der Waals surface area contributed by atoms with Gasteiger partial charge in [0, 0.05) is 19.6 Å². The fraction of sp³-hybridized carbons (Fsp3) is 0.500. The lowest BCUT2D eigenvalue weighted by molar-refractivity contribution is 0.0531. The maximum Gasteiger partial charge on any atom is 0.317 e. The molecule has 0 radical (unpaired) electrons. The molecule has 0 aliphatic carbocycles. The van der Waals surface area contributed by atoms with Gasteiger partial charge in [0.25, 0.3) is 0 Å². The molecule has 5 nitrogen and oxygen atoms in total. The number of amides is 2. The van der Waals surface area contributed by atoms with Crippen molar-refractivity contribution in [3.05, 3.63) is 35.4 Å². The molecule has 0 spiro atoms. The minimum absolute atomic E-state index is 0.0191. The normalized spacial score (nSPS) is 15.3. The molecule has 0 bridgehead atoms. The summed E-state index contributed by atoms with van der Waals surface area (Å²) in [4.78, 5) is 13.7. The minimum atomic E-state index is -0.0191. The molecular formula is C14H21N3O2. The number of rotatable bonds is 4. The summed E-state index contributed by atoms with van der Waals surface area (Å²) in [5.74, 6) is 0. The Bertz CT molecular complexity index is 400. The minimum Gasteiger partial charge on any atom is -0.378 e. The van der Waals surface area contributed by atoms with Gasteiger partial charge in [-0.05, 0) is 24.1 Å². The molecule has 1 saturated heterocycles. The first kappa shape index (κ1) is 13.8. The summed E-state index contributed by atoms with van der Waals surface area (Å²) in [5.41, 5.74) is 7.83. The van der Waals surface area contributed by atoms with Crippen LogP contribution in [0.15, 0.2) is 24.3 Å². The molecule has 1 aromatic rings. The van der Waals surface area contributed by atoms with Crippen LogP contribution in [0.3, 0.4) is 0 Å². The molecule has 19 heavy (non-hydrogen) atoms. The molecule has 1 aliphatic rings. The number of morpholine rings is 1. The van der Waals surface area contributed by atoms with Crippen LogP contribution in [0, 0.1) is 0 Å². The molecule has 0 atom stereocenters. The number of hydrogen-bond donors (Lipinski definition) is 2. The van der Waals surface area contributed by atoms with E-state index in [1.807, 2.05) is 12.1 Å². The summed E-state index contributed by atoms with van der Waals surface area (Å²) in [6.45, 7) is 3.80. The van der Waals surface area contributed by atoms with Gasteiger partial charge in [0.2, 0.25) is 0 Å². The van der Waals surface area contributed by atoms with E-state index in [4.69, 9.17) is 10.5 Å². The quantitative estimate of drug-likeness (QED) is 0.841. The van der Waals surface area contributed by atoms with Crippen LogP contribution >= 0.6 is 0 Å². The Morgan fingerprint density at radius 2 is 1.84 bits per heavy atom. The van der Waals surface area contributed by atoms with E-state index in [0.717, 1.165) is 12.0 Å². The molecule has 1 fully saturated rings.